The van der Waals surface area contributed by atoms with Crippen molar-refractivity contribution in [3.63, 3.8) is 0 Å². The van der Waals surface area contributed by atoms with Crippen molar-refractivity contribution >= 4 is 23.4 Å². The smallest absolute Gasteiger partial charge is 0.227 e. The highest BCUT2D eigenvalue weighted by Crippen LogP contribution is 2.23. The molecule has 25 heavy (non-hydrogen) atoms. The summed E-state index contributed by atoms with van der Waals surface area (Å²) in [4.78, 5) is 15.8. The highest BCUT2D eigenvalue weighted by molar-refractivity contribution is 7.98. The summed E-state index contributed by atoms with van der Waals surface area (Å²) in [6.07, 6.45) is 3.64. The summed E-state index contributed by atoms with van der Waals surface area (Å²) in [5, 5.41) is 3.03. The molecule has 1 N–H and O–H groups in total. The fourth-order valence-corrected chi connectivity index (χ4v) is 3.63. The molecular weight excluding hydrogens is 335 g/mol. The van der Waals surface area contributed by atoms with Gasteiger partial charge in [0.2, 0.25) is 5.91 Å². The first-order valence-electron chi connectivity index (χ1n) is 8.56. The summed E-state index contributed by atoms with van der Waals surface area (Å²) in [7, 11) is 0. The molecule has 0 unspecified atom stereocenters. The number of nitrogens with one attached hydrogen (secondary N) is 1. The largest absolute Gasteiger partial charge is 0.326 e. The van der Waals surface area contributed by atoms with E-state index in [1.54, 1.807) is 17.8 Å². The molecule has 0 aliphatic carbocycles. The van der Waals surface area contributed by atoms with Gasteiger partial charge in [-0.2, -0.15) is 0 Å². The van der Waals surface area contributed by atoms with Gasteiger partial charge in [-0.15, -0.1) is 11.8 Å². The van der Waals surface area contributed by atoms with Crippen molar-refractivity contribution in [1.82, 2.24) is 4.90 Å². The Morgan fingerprint density at radius 2 is 1.96 bits per heavy atom. The number of nitrogens with zero attached hydrogens (tertiary/aromatic N) is 1. The van der Waals surface area contributed by atoms with E-state index in [1.807, 2.05) is 42.7 Å². The zero-order valence-corrected chi connectivity index (χ0v) is 15.2. The zero-order valence-electron chi connectivity index (χ0n) is 14.4. The molecule has 0 bridgehead atoms. The lowest BCUT2D eigenvalue weighted by Gasteiger charge is -2.31. The minimum absolute atomic E-state index is 0.0230. The SMILES string of the molecule is CSc1cccc(NC(=O)C2CCN(Cc3ccccc3F)CC2)c1. The molecule has 1 fully saturated rings. The summed E-state index contributed by atoms with van der Waals surface area (Å²) < 4.78 is 13.8. The van der Waals surface area contributed by atoms with Crippen molar-refractivity contribution in [1.29, 1.82) is 0 Å². The van der Waals surface area contributed by atoms with Crippen molar-refractivity contribution in [2.75, 3.05) is 24.7 Å². The van der Waals surface area contributed by atoms with Crippen LogP contribution >= 0.6 is 11.8 Å². The lowest BCUT2D eigenvalue weighted by Crippen LogP contribution is -2.37. The van der Waals surface area contributed by atoms with Gasteiger partial charge in [-0.05, 0) is 56.5 Å². The number of hydrogen-bond donors (Lipinski definition) is 1. The average Bonchev–Trinajstić information content (AvgIpc) is 2.64. The van der Waals surface area contributed by atoms with Crippen LogP contribution in [0.2, 0.25) is 0 Å². The highest BCUT2D eigenvalue weighted by atomic mass is 32.2. The molecule has 1 amide bonds. The van der Waals surface area contributed by atoms with E-state index >= 15 is 0 Å². The third-order valence-corrected chi connectivity index (χ3v) is 5.37. The van der Waals surface area contributed by atoms with E-state index in [0.29, 0.717) is 6.54 Å². The number of thioether (sulfide) groups is 1. The average molecular weight is 358 g/mol. The molecule has 1 heterocycles. The molecule has 2 aromatic carbocycles. The quantitative estimate of drug-likeness (QED) is 0.804. The second kappa shape index (κ2) is 8.50. The van der Waals surface area contributed by atoms with Crippen LogP contribution in [0.15, 0.2) is 53.4 Å². The standard InChI is InChI=1S/C20H23FN2OS/c1-25-18-7-4-6-17(13-18)22-20(24)15-9-11-23(12-10-15)14-16-5-2-3-8-19(16)21/h2-8,13,15H,9-12,14H2,1H3,(H,22,24). The first kappa shape index (κ1) is 18.0. The van der Waals surface area contributed by atoms with E-state index < -0.39 is 0 Å². The van der Waals surface area contributed by atoms with Gasteiger partial charge >= 0.3 is 0 Å². The van der Waals surface area contributed by atoms with Gasteiger partial charge in [0.05, 0.1) is 0 Å². The van der Waals surface area contributed by atoms with Crippen LogP contribution in [0.4, 0.5) is 10.1 Å². The van der Waals surface area contributed by atoms with Gasteiger partial charge in [0, 0.05) is 28.6 Å². The van der Waals surface area contributed by atoms with Gasteiger partial charge in [0.15, 0.2) is 0 Å². The fraction of sp³-hybridized carbons (Fsp3) is 0.350. The summed E-state index contributed by atoms with van der Waals surface area (Å²) in [6, 6.07) is 14.8. The molecule has 132 valence electrons. The molecule has 2 aromatic rings. The Balaban J connectivity index is 1.51. The Hall–Kier alpha value is -1.85. The summed E-state index contributed by atoms with van der Waals surface area (Å²) >= 11 is 1.66. The minimum Gasteiger partial charge on any atom is -0.326 e. The number of carbonyl (C=O) groups excluding carboxylic acids is 1. The molecule has 3 nitrogen and oxygen atoms in total. The molecule has 0 spiro atoms. The van der Waals surface area contributed by atoms with Crippen LogP contribution in [-0.2, 0) is 11.3 Å². The first-order chi connectivity index (χ1) is 12.2. The molecule has 0 atom stereocenters. The maximum atomic E-state index is 13.8. The molecule has 3 rings (SSSR count). The normalized spacial score (nSPS) is 15.9. The number of benzene rings is 2. The van der Waals surface area contributed by atoms with Crippen LogP contribution < -0.4 is 5.32 Å². The Kier molecular flexibility index (Phi) is 6.10. The van der Waals surface area contributed by atoms with E-state index in [9.17, 15) is 9.18 Å². The molecule has 0 aromatic heterocycles. The van der Waals surface area contributed by atoms with Gasteiger partial charge in [0.25, 0.3) is 0 Å². The van der Waals surface area contributed by atoms with E-state index in [4.69, 9.17) is 0 Å². The number of rotatable bonds is 5. The van der Waals surface area contributed by atoms with Crippen LogP contribution in [-0.4, -0.2) is 30.2 Å². The zero-order chi connectivity index (χ0) is 17.6. The van der Waals surface area contributed by atoms with Crippen LogP contribution in [0.5, 0.6) is 0 Å². The van der Waals surface area contributed by atoms with Crippen LogP contribution in [0.25, 0.3) is 0 Å². The molecule has 1 saturated heterocycles. The molecule has 1 aliphatic rings. The molecule has 0 saturated carbocycles. The number of hydrogen-bond acceptors (Lipinski definition) is 3. The van der Waals surface area contributed by atoms with E-state index in [0.717, 1.165) is 42.1 Å². The lowest BCUT2D eigenvalue weighted by atomic mass is 9.95. The summed E-state index contributed by atoms with van der Waals surface area (Å²) in [5.74, 6) is -0.0466. The summed E-state index contributed by atoms with van der Waals surface area (Å²) in [6.45, 7) is 2.24. The third kappa shape index (κ3) is 4.83. The number of likely N-dealkylation sites (tertiary alicyclic amines) is 1. The van der Waals surface area contributed by atoms with Crippen LogP contribution in [0, 0.1) is 11.7 Å². The predicted octanol–water partition coefficient (Wildman–Crippen LogP) is 4.40. The Morgan fingerprint density at radius 1 is 1.20 bits per heavy atom. The van der Waals surface area contributed by atoms with Crippen molar-refractivity contribution in [2.45, 2.75) is 24.3 Å². The molecular formula is C20H23FN2OS. The molecule has 1 aliphatic heterocycles. The topological polar surface area (TPSA) is 32.3 Å². The second-order valence-corrected chi connectivity index (χ2v) is 7.24. The van der Waals surface area contributed by atoms with Crippen molar-refractivity contribution in [2.24, 2.45) is 5.92 Å². The van der Waals surface area contributed by atoms with E-state index in [-0.39, 0.29) is 17.6 Å². The number of piperidine rings is 1. The fourth-order valence-electron chi connectivity index (χ4n) is 3.17. The van der Waals surface area contributed by atoms with Gasteiger partial charge in [-0.1, -0.05) is 24.3 Å². The number of halogens is 1. The van der Waals surface area contributed by atoms with Gasteiger partial charge in [-0.25, -0.2) is 4.39 Å². The number of amides is 1. The maximum Gasteiger partial charge on any atom is 0.227 e. The van der Waals surface area contributed by atoms with Crippen molar-refractivity contribution in [3.8, 4) is 0 Å². The van der Waals surface area contributed by atoms with Crippen LogP contribution in [0.1, 0.15) is 18.4 Å². The second-order valence-electron chi connectivity index (χ2n) is 6.36. The van der Waals surface area contributed by atoms with E-state index in [2.05, 4.69) is 10.2 Å². The number of carbonyl (C=O) groups is 1. The van der Waals surface area contributed by atoms with Gasteiger partial charge in [-0.3, -0.25) is 9.69 Å². The Labute approximate surface area is 152 Å². The van der Waals surface area contributed by atoms with E-state index in [1.165, 1.54) is 6.07 Å². The Bertz CT molecular complexity index is 729. The molecule has 5 heteroatoms. The maximum absolute atomic E-state index is 13.8. The highest BCUT2D eigenvalue weighted by Gasteiger charge is 2.25. The number of anilines is 1. The third-order valence-electron chi connectivity index (χ3n) is 4.65. The van der Waals surface area contributed by atoms with Crippen LogP contribution in [0.3, 0.4) is 0 Å². The summed E-state index contributed by atoms with van der Waals surface area (Å²) in [5.41, 5.74) is 1.57. The predicted molar refractivity (Wildman–Crippen MR) is 101 cm³/mol. The first-order valence-corrected chi connectivity index (χ1v) is 9.79. The lowest BCUT2D eigenvalue weighted by molar-refractivity contribution is -0.121. The minimum atomic E-state index is -0.156. The Morgan fingerprint density at radius 3 is 2.68 bits per heavy atom. The monoisotopic (exact) mass is 358 g/mol. The van der Waals surface area contributed by atoms with Crippen molar-refractivity contribution in [3.05, 3.63) is 59.9 Å². The van der Waals surface area contributed by atoms with Gasteiger partial charge in [0.1, 0.15) is 5.82 Å². The van der Waals surface area contributed by atoms with Gasteiger partial charge < -0.3 is 5.32 Å². The van der Waals surface area contributed by atoms with Crippen molar-refractivity contribution < 1.29 is 9.18 Å². The molecule has 0 radical (unpaired) electrons.